The Morgan fingerprint density at radius 3 is 2.70 bits per heavy atom. The van der Waals surface area contributed by atoms with Gasteiger partial charge in [0, 0.05) is 30.3 Å². The fraction of sp³-hybridized carbons (Fsp3) is 0.333. The smallest absolute Gasteiger partial charge is 0.433 e. The fourth-order valence-corrected chi connectivity index (χ4v) is 3.58. The number of hydrogen-bond donors (Lipinski definition) is 1. The van der Waals surface area contributed by atoms with E-state index in [0.717, 1.165) is 12.5 Å². The van der Waals surface area contributed by atoms with Crippen molar-refractivity contribution in [2.45, 2.75) is 38.3 Å². The molecule has 1 amide bonds. The number of hydrogen-bond acceptors (Lipinski definition) is 5. The first-order valence-corrected chi connectivity index (χ1v) is 9.60. The third-order valence-corrected chi connectivity index (χ3v) is 4.99. The highest BCUT2D eigenvalue weighted by Crippen LogP contribution is 2.34. The lowest BCUT2D eigenvalue weighted by Gasteiger charge is -2.20. The second-order valence-corrected chi connectivity index (χ2v) is 7.10. The summed E-state index contributed by atoms with van der Waals surface area (Å²) in [5, 5.41) is 2.90. The Bertz CT molecular complexity index is 1170. The molecule has 0 spiro atoms. The van der Waals surface area contributed by atoms with Crippen molar-refractivity contribution in [2.24, 2.45) is 0 Å². The number of benzene rings is 1. The third-order valence-electron chi connectivity index (χ3n) is 4.99. The number of alkyl halides is 3. The van der Waals surface area contributed by atoms with Gasteiger partial charge in [0.1, 0.15) is 11.4 Å². The number of carbonyl (C=O) groups is 1. The second kappa shape index (κ2) is 7.89. The van der Waals surface area contributed by atoms with Crippen LogP contribution in [-0.4, -0.2) is 22.4 Å². The number of halogens is 3. The number of amides is 1. The zero-order valence-electron chi connectivity index (χ0n) is 15.9. The summed E-state index contributed by atoms with van der Waals surface area (Å²) in [5.41, 5.74) is -0.336. The van der Waals surface area contributed by atoms with E-state index in [2.05, 4.69) is 15.3 Å². The van der Waals surface area contributed by atoms with Gasteiger partial charge in [-0.05, 0) is 37.8 Å². The van der Waals surface area contributed by atoms with Crippen LogP contribution >= 0.6 is 0 Å². The summed E-state index contributed by atoms with van der Waals surface area (Å²) >= 11 is 0. The molecule has 0 radical (unpaired) electrons. The zero-order valence-corrected chi connectivity index (χ0v) is 15.9. The molecule has 2 aromatic heterocycles. The minimum Gasteiger partial charge on any atom is -0.451 e. The number of aryl methyl sites for hydroxylation is 1. The lowest BCUT2D eigenvalue weighted by Crippen LogP contribution is -2.28. The average molecular weight is 417 g/mol. The Labute approximate surface area is 169 Å². The van der Waals surface area contributed by atoms with Crippen molar-refractivity contribution in [3.05, 3.63) is 69.1 Å². The van der Waals surface area contributed by atoms with Crippen LogP contribution in [0.5, 0.6) is 0 Å². The minimum absolute atomic E-state index is 0.00541. The molecule has 1 aliphatic carbocycles. The van der Waals surface area contributed by atoms with Gasteiger partial charge in [-0.15, -0.1) is 0 Å². The molecule has 4 rings (SSSR count). The van der Waals surface area contributed by atoms with Crippen molar-refractivity contribution >= 4 is 16.9 Å². The Balaban J connectivity index is 1.49. The number of aromatic nitrogens is 2. The molecule has 156 valence electrons. The van der Waals surface area contributed by atoms with Crippen LogP contribution in [0.3, 0.4) is 0 Å². The van der Waals surface area contributed by atoms with E-state index in [-0.39, 0.29) is 41.1 Å². The van der Waals surface area contributed by atoms with Gasteiger partial charge < -0.3 is 9.73 Å². The third kappa shape index (κ3) is 4.05. The summed E-state index contributed by atoms with van der Waals surface area (Å²) in [5.74, 6) is -0.767. The molecule has 0 atom stereocenters. The van der Waals surface area contributed by atoms with Crippen LogP contribution in [-0.2, 0) is 25.4 Å². The Kier molecular flexibility index (Phi) is 5.27. The molecular weight excluding hydrogens is 399 g/mol. The molecule has 6 nitrogen and oxygen atoms in total. The van der Waals surface area contributed by atoms with Crippen LogP contribution in [0.25, 0.3) is 11.0 Å². The highest BCUT2D eigenvalue weighted by atomic mass is 19.4. The van der Waals surface area contributed by atoms with E-state index in [4.69, 9.17) is 4.42 Å². The summed E-state index contributed by atoms with van der Waals surface area (Å²) in [6.07, 6.45) is -2.23. The molecule has 3 aromatic rings. The lowest BCUT2D eigenvalue weighted by molar-refractivity contribution is -0.142. The van der Waals surface area contributed by atoms with E-state index in [1.807, 2.05) is 0 Å². The predicted molar refractivity (Wildman–Crippen MR) is 102 cm³/mol. The highest BCUT2D eigenvalue weighted by Gasteiger charge is 2.37. The zero-order chi connectivity index (χ0) is 21.3. The molecule has 30 heavy (non-hydrogen) atoms. The number of carbonyl (C=O) groups excluding carboxylic acids is 1. The van der Waals surface area contributed by atoms with Crippen molar-refractivity contribution in [2.75, 3.05) is 6.54 Å². The number of para-hydroxylation sites is 1. The van der Waals surface area contributed by atoms with Crippen molar-refractivity contribution in [3.63, 3.8) is 0 Å². The topological polar surface area (TPSA) is 85.1 Å². The summed E-state index contributed by atoms with van der Waals surface area (Å²) in [6, 6.07) is 7.63. The van der Waals surface area contributed by atoms with Gasteiger partial charge in [-0.3, -0.25) is 9.59 Å². The largest absolute Gasteiger partial charge is 0.451 e. The van der Waals surface area contributed by atoms with E-state index >= 15 is 0 Å². The Morgan fingerprint density at radius 1 is 1.13 bits per heavy atom. The van der Waals surface area contributed by atoms with Gasteiger partial charge in [0.2, 0.25) is 0 Å². The van der Waals surface area contributed by atoms with Crippen LogP contribution in [0, 0.1) is 0 Å². The Morgan fingerprint density at radius 2 is 1.90 bits per heavy atom. The molecule has 0 aliphatic heterocycles. The van der Waals surface area contributed by atoms with Gasteiger partial charge >= 0.3 is 6.18 Å². The van der Waals surface area contributed by atoms with E-state index in [9.17, 15) is 22.8 Å². The maximum absolute atomic E-state index is 13.4. The fourth-order valence-electron chi connectivity index (χ4n) is 3.58. The van der Waals surface area contributed by atoms with Crippen LogP contribution in [0.15, 0.2) is 39.5 Å². The van der Waals surface area contributed by atoms with Gasteiger partial charge in [-0.2, -0.15) is 13.2 Å². The molecule has 0 saturated heterocycles. The molecule has 0 saturated carbocycles. The minimum atomic E-state index is -4.54. The lowest BCUT2D eigenvalue weighted by atomic mass is 9.94. The maximum atomic E-state index is 13.4. The van der Waals surface area contributed by atoms with Crippen molar-refractivity contribution in [1.82, 2.24) is 15.3 Å². The molecule has 2 heterocycles. The van der Waals surface area contributed by atoms with Gasteiger partial charge in [-0.1, -0.05) is 12.1 Å². The van der Waals surface area contributed by atoms with Crippen LogP contribution in [0.2, 0.25) is 0 Å². The SMILES string of the molecule is O=C(NCCc1nc2c(c(C(F)(F)F)n1)CCCC2)c1cc(=O)c2ccccc2o1. The summed E-state index contributed by atoms with van der Waals surface area (Å²) in [7, 11) is 0. The predicted octanol–water partition coefficient (Wildman–Crippen LogP) is 3.45. The molecular formula is C21H18F3N3O3. The first-order valence-electron chi connectivity index (χ1n) is 9.60. The van der Waals surface area contributed by atoms with E-state index in [1.54, 1.807) is 24.3 Å². The number of fused-ring (bicyclic) bond motifs is 2. The quantitative estimate of drug-likeness (QED) is 0.703. The molecule has 1 aromatic carbocycles. The van der Waals surface area contributed by atoms with Crippen LogP contribution in [0.4, 0.5) is 13.2 Å². The molecule has 9 heteroatoms. The number of rotatable bonds is 4. The van der Waals surface area contributed by atoms with Gasteiger partial charge in [0.15, 0.2) is 16.9 Å². The van der Waals surface area contributed by atoms with E-state index < -0.39 is 17.8 Å². The summed E-state index contributed by atoms with van der Waals surface area (Å²) in [6.45, 7) is 0.00541. The molecule has 0 fully saturated rings. The molecule has 1 N–H and O–H groups in total. The first-order chi connectivity index (χ1) is 14.3. The van der Waals surface area contributed by atoms with E-state index in [1.165, 1.54) is 0 Å². The van der Waals surface area contributed by atoms with Gasteiger partial charge in [-0.25, -0.2) is 9.97 Å². The standard InChI is InChI=1S/C21H18F3N3O3/c22-21(23,24)19-12-5-1-3-7-14(12)26-18(27-19)9-10-25-20(29)17-11-15(28)13-6-2-4-8-16(13)30-17/h2,4,6,8,11H,1,3,5,7,9-10H2,(H,25,29). The molecule has 0 bridgehead atoms. The normalized spacial score (nSPS) is 13.8. The monoisotopic (exact) mass is 417 g/mol. The Hall–Kier alpha value is -3.23. The molecule has 1 aliphatic rings. The van der Waals surface area contributed by atoms with Crippen LogP contribution < -0.4 is 10.7 Å². The number of nitrogens with zero attached hydrogens (tertiary/aromatic N) is 2. The summed E-state index contributed by atoms with van der Waals surface area (Å²) in [4.78, 5) is 32.4. The number of nitrogens with one attached hydrogen (secondary N) is 1. The van der Waals surface area contributed by atoms with Crippen LogP contribution in [0.1, 0.15) is 46.2 Å². The van der Waals surface area contributed by atoms with E-state index in [0.29, 0.717) is 30.3 Å². The van der Waals surface area contributed by atoms with Crippen molar-refractivity contribution in [1.29, 1.82) is 0 Å². The average Bonchev–Trinajstić information content (AvgIpc) is 2.72. The highest BCUT2D eigenvalue weighted by molar-refractivity contribution is 5.93. The van der Waals surface area contributed by atoms with Gasteiger partial charge in [0.25, 0.3) is 5.91 Å². The summed E-state index contributed by atoms with van der Waals surface area (Å²) < 4.78 is 45.6. The van der Waals surface area contributed by atoms with Crippen molar-refractivity contribution in [3.8, 4) is 0 Å². The molecule has 0 unspecified atom stereocenters. The van der Waals surface area contributed by atoms with Gasteiger partial charge in [0.05, 0.1) is 5.39 Å². The maximum Gasteiger partial charge on any atom is 0.433 e. The van der Waals surface area contributed by atoms with Crippen molar-refractivity contribution < 1.29 is 22.4 Å². The first kappa shape index (κ1) is 20.1. The second-order valence-electron chi connectivity index (χ2n) is 7.10.